The lowest BCUT2D eigenvalue weighted by atomic mass is 9.94. The van der Waals surface area contributed by atoms with Crippen LogP contribution in [0.3, 0.4) is 0 Å². The summed E-state index contributed by atoms with van der Waals surface area (Å²) in [6.45, 7) is 4.16. The predicted molar refractivity (Wildman–Crippen MR) is 143 cm³/mol. The van der Waals surface area contributed by atoms with Gasteiger partial charge in [-0.2, -0.15) is 23.4 Å². The molecule has 9 nitrogen and oxygen atoms in total. The highest BCUT2D eigenvalue weighted by Gasteiger charge is 2.46. The predicted octanol–water partition coefficient (Wildman–Crippen LogP) is 6.11. The molecule has 0 spiro atoms. The number of anilines is 1. The molecule has 4 aromatic heterocycles. The number of halogens is 3. The Morgan fingerprint density at radius 3 is 2.48 bits per heavy atom. The van der Waals surface area contributed by atoms with E-state index in [0.29, 0.717) is 22.6 Å². The molecule has 0 bridgehead atoms. The van der Waals surface area contributed by atoms with Crippen LogP contribution in [-0.2, 0) is 0 Å². The number of para-hydroxylation sites is 1. The monoisotopic (exact) mass is 543 g/mol. The van der Waals surface area contributed by atoms with Gasteiger partial charge in [0.25, 0.3) is 0 Å². The first-order valence-corrected chi connectivity index (χ1v) is 12.9. The van der Waals surface area contributed by atoms with Crippen LogP contribution in [0.4, 0.5) is 19.0 Å². The van der Waals surface area contributed by atoms with Crippen molar-refractivity contribution in [2.75, 3.05) is 5.32 Å². The summed E-state index contributed by atoms with van der Waals surface area (Å²) in [5.41, 5.74) is 4.08. The normalized spacial score (nSPS) is 17.4. The van der Waals surface area contributed by atoms with Gasteiger partial charge in [-0.1, -0.05) is 56.3 Å². The average Bonchev–Trinajstić information content (AvgIpc) is 3.68. The zero-order chi connectivity index (χ0) is 27.6. The van der Waals surface area contributed by atoms with Crippen LogP contribution in [0.2, 0.25) is 0 Å². The molecule has 12 heteroatoms. The molecule has 40 heavy (non-hydrogen) atoms. The number of rotatable bonds is 4. The maximum atomic E-state index is 14.2. The number of alkyl halides is 3. The lowest BCUT2D eigenvalue weighted by Gasteiger charge is -2.33. The van der Waals surface area contributed by atoms with Crippen molar-refractivity contribution in [2.24, 2.45) is 0 Å². The third kappa shape index (κ3) is 3.98. The minimum Gasteiger partial charge on any atom is -0.363 e. The molecule has 0 saturated carbocycles. The number of fused-ring (bicyclic) bond motifs is 4. The van der Waals surface area contributed by atoms with Crippen molar-refractivity contribution in [2.45, 2.75) is 44.4 Å². The van der Waals surface area contributed by atoms with E-state index in [0.717, 1.165) is 21.5 Å². The second-order valence-corrected chi connectivity index (χ2v) is 10.2. The van der Waals surface area contributed by atoms with Crippen LogP contribution in [0.1, 0.15) is 49.4 Å². The molecule has 0 fully saturated rings. The van der Waals surface area contributed by atoms with E-state index >= 15 is 0 Å². The molecule has 1 aliphatic heterocycles. The van der Waals surface area contributed by atoms with E-state index in [1.54, 1.807) is 16.9 Å². The zero-order valence-corrected chi connectivity index (χ0v) is 21.6. The summed E-state index contributed by atoms with van der Waals surface area (Å²) in [5, 5.41) is 17.2. The van der Waals surface area contributed by atoms with Gasteiger partial charge in [-0.15, -0.1) is 5.10 Å². The van der Waals surface area contributed by atoms with Gasteiger partial charge in [0.05, 0.1) is 23.3 Å². The molecule has 6 aromatic rings. The maximum Gasteiger partial charge on any atom is 0.410 e. The molecule has 0 saturated heterocycles. The molecule has 0 amide bonds. The fourth-order valence-corrected chi connectivity index (χ4v) is 5.20. The molecule has 2 aromatic carbocycles. The molecule has 2 atom stereocenters. The molecular weight excluding hydrogens is 519 g/mol. The van der Waals surface area contributed by atoms with Crippen LogP contribution in [0.25, 0.3) is 33.9 Å². The van der Waals surface area contributed by atoms with Gasteiger partial charge in [-0.25, -0.2) is 23.8 Å². The molecule has 1 aliphatic rings. The van der Waals surface area contributed by atoms with Crippen molar-refractivity contribution < 1.29 is 13.2 Å². The van der Waals surface area contributed by atoms with Gasteiger partial charge >= 0.3 is 6.18 Å². The number of nitrogens with one attached hydrogen (secondary N) is 1. The molecule has 7 rings (SSSR count). The van der Waals surface area contributed by atoms with Gasteiger partial charge in [0.1, 0.15) is 17.8 Å². The fourth-order valence-electron chi connectivity index (χ4n) is 5.20. The molecule has 0 aliphatic carbocycles. The summed E-state index contributed by atoms with van der Waals surface area (Å²) >= 11 is 0. The molecule has 1 N–H and O–H groups in total. The number of nitrogens with zero attached hydrogens (tertiary/aromatic N) is 8. The van der Waals surface area contributed by atoms with Crippen LogP contribution in [0.5, 0.6) is 0 Å². The summed E-state index contributed by atoms with van der Waals surface area (Å²) in [4.78, 5) is 9.12. The van der Waals surface area contributed by atoms with Crippen molar-refractivity contribution in [3.63, 3.8) is 0 Å². The van der Waals surface area contributed by atoms with Crippen molar-refractivity contribution in [3.8, 4) is 17.2 Å². The van der Waals surface area contributed by atoms with Gasteiger partial charge in [0.15, 0.2) is 17.3 Å². The number of aromatic nitrogens is 8. The van der Waals surface area contributed by atoms with E-state index in [-0.39, 0.29) is 23.8 Å². The number of benzene rings is 2. The Morgan fingerprint density at radius 2 is 1.75 bits per heavy atom. The van der Waals surface area contributed by atoms with Crippen LogP contribution in [0, 0.1) is 0 Å². The highest BCUT2D eigenvalue weighted by molar-refractivity contribution is 5.89. The highest BCUT2D eigenvalue weighted by Crippen LogP contribution is 2.44. The Balaban J connectivity index is 1.27. The summed E-state index contributed by atoms with van der Waals surface area (Å²) in [6, 6.07) is 16.5. The Kier molecular flexibility index (Phi) is 5.41. The molecule has 0 radical (unpaired) electrons. The third-order valence-electron chi connectivity index (χ3n) is 7.33. The Morgan fingerprint density at radius 1 is 0.975 bits per heavy atom. The van der Waals surface area contributed by atoms with E-state index < -0.39 is 18.3 Å². The summed E-state index contributed by atoms with van der Waals surface area (Å²) in [5.74, 6) is 0.798. The first-order valence-electron chi connectivity index (χ1n) is 12.9. The second-order valence-electron chi connectivity index (χ2n) is 10.2. The minimum absolute atomic E-state index is 0.180. The Hall–Kier alpha value is -4.74. The van der Waals surface area contributed by atoms with Gasteiger partial charge in [-0.05, 0) is 29.2 Å². The van der Waals surface area contributed by atoms with Crippen LogP contribution in [-0.4, -0.2) is 45.3 Å². The van der Waals surface area contributed by atoms with Crippen molar-refractivity contribution in [1.82, 2.24) is 39.1 Å². The summed E-state index contributed by atoms with van der Waals surface area (Å²) in [6.07, 6.45) is -1.50. The highest BCUT2D eigenvalue weighted by atomic mass is 19.4. The topological polar surface area (TPSA) is 90.8 Å². The number of hydrogen-bond donors (Lipinski definition) is 1. The number of hydrogen-bond acceptors (Lipinski definition) is 6. The average molecular weight is 544 g/mol. The van der Waals surface area contributed by atoms with Crippen LogP contribution in [0.15, 0.2) is 73.2 Å². The van der Waals surface area contributed by atoms with Crippen LogP contribution >= 0.6 is 0 Å². The van der Waals surface area contributed by atoms with Gasteiger partial charge in [0.2, 0.25) is 5.82 Å². The van der Waals surface area contributed by atoms with E-state index in [1.807, 2.05) is 54.6 Å². The van der Waals surface area contributed by atoms with Gasteiger partial charge in [0, 0.05) is 12.5 Å². The van der Waals surface area contributed by atoms with Gasteiger partial charge < -0.3 is 5.32 Å². The first-order chi connectivity index (χ1) is 19.3. The van der Waals surface area contributed by atoms with E-state index in [2.05, 4.69) is 44.4 Å². The SMILES string of the molecule is CC(C)c1ccc([C@H]2C[C@@H](C(F)(F)F)n3nc(-c4nc5c6cnn(-c7ccccc7)c6ncn5n4)cc3N2)cc1. The molecule has 202 valence electrons. The van der Waals surface area contributed by atoms with E-state index in [9.17, 15) is 13.2 Å². The molecule has 0 unspecified atom stereocenters. The quantitative estimate of drug-likeness (QED) is 0.289. The molecular formula is C28H24F3N9. The fraction of sp³-hybridized carbons (Fsp3) is 0.250. The van der Waals surface area contributed by atoms with E-state index in [1.165, 1.54) is 10.8 Å². The Labute approximate surface area is 226 Å². The third-order valence-corrected chi connectivity index (χ3v) is 7.33. The summed E-state index contributed by atoms with van der Waals surface area (Å²) in [7, 11) is 0. The minimum atomic E-state index is -4.48. The second kappa shape index (κ2) is 8.90. The lowest BCUT2D eigenvalue weighted by Crippen LogP contribution is -2.35. The largest absolute Gasteiger partial charge is 0.410 e. The smallest absolute Gasteiger partial charge is 0.363 e. The van der Waals surface area contributed by atoms with Crippen molar-refractivity contribution in [1.29, 1.82) is 0 Å². The maximum absolute atomic E-state index is 14.2. The van der Waals surface area contributed by atoms with E-state index in [4.69, 9.17) is 0 Å². The van der Waals surface area contributed by atoms with Crippen LogP contribution < -0.4 is 5.32 Å². The standard InChI is InChI=1S/C28H24F3N9/c1-16(2)17-8-10-18(11-9-17)21-12-23(28(29,30)31)40-24(34-21)13-22(36-40)25-35-27-20-14-33-39(19-6-4-3-5-7-19)26(20)32-15-38(27)37-25/h3-11,13-16,21,23,34H,12H2,1-2H3/t21-,23+/m1/s1. The summed E-state index contributed by atoms with van der Waals surface area (Å²) < 4.78 is 46.9. The van der Waals surface area contributed by atoms with Crippen molar-refractivity contribution in [3.05, 3.63) is 84.3 Å². The first kappa shape index (κ1) is 24.3. The Bertz CT molecular complexity index is 1830. The zero-order valence-electron chi connectivity index (χ0n) is 21.6. The molecule has 5 heterocycles. The van der Waals surface area contributed by atoms with Crippen molar-refractivity contribution >= 4 is 22.5 Å². The lowest BCUT2D eigenvalue weighted by molar-refractivity contribution is -0.173. The van der Waals surface area contributed by atoms with Gasteiger partial charge in [-0.3, -0.25) is 0 Å².